The number of carbonyl (C=O) groups excluding carboxylic acids is 1. The number of nitrogen functional groups attached to an aromatic ring is 1. The van der Waals surface area contributed by atoms with Crippen molar-refractivity contribution in [2.75, 3.05) is 64.0 Å². The summed E-state index contributed by atoms with van der Waals surface area (Å²) in [5.41, 5.74) is 8.23. The molecule has 39 heavy (non-hydrogen) atoms. The number of aromatic nitrogens is 2. The van der Waals surface area contributed by atoms with Crippen molar-refractivity contribution in [3.63, 3.8) is 0 Å². The summed E-state index contributed by atoms with van der Waals surface area (Å²) >= 11 is 0. The Bertz CT molecular complexity index is 1210. The fourth-order valence-corrected chi connectivity index (χ4v) is 5.16. The van der Waals surface area contributed by atoms with Crippen LogP contribution in [0, 0.1) is 0 Å². The molecule has 0 bridgehead atoms. The van der Waals surface area contributed by atoms with Crippen LogP contribution in [0.4, 0.5) is 11.6 Å². The molecule has 3 aromatic rings. The van der Waals surface area contributed by atoms with Gasteiger partial charge >= 0.3 is 0 Å². The summed E-state index contributed by atoms with van der Waals surface area (Å²) in [5.74, 6) is 2.87. The normalized spacial score (nSPS) is 17.5. The molecule has 2 aromatic carbocycles. The van der Waals surface area contributed by atoms with Gasteiger partial charge in [-0.15, -0.1) is 0 Å². The number of ether oxygens (including phenoxy) is 2. The van der Waals surface area contributed by atoms with E-state index in [4.69, 9.17) is 15.2 Å². The first-order valence-electron chi connectivity index (χ1n) is 13.6. The van der Waals surface area contributed by atoms with Crippen molar-refractivity contribution in [2.24, 2.45) is 0 Å². The number of likely N-dealkylation sites (tertiary alicyclic amines) is 1. The standard InChI is InChI=1S/C29H37N7O3/c1-31-27(21-7-9-24(10-8-21)39-23-5-3-2-4-6-23)26-28(30)32-20-33-29(26)34-22-11-13-36(14-12-22)25(37)19-35-15-17-38-18-16-35/h2-10,20,22,27,31H,11-19H2,1H3,(H3,30,32,33,34). The molecule has 2 saturated heterocycles. The Morgan fingerprint density at radius 1 is 1.03 bits per heavy atom. The third-order valence-corrected chi connectivity index (χ3v) is 7.34. The number of carbonyl (C=O) groups is 1. The first-order valence-corrected chi connectivity index (χ1v) is 13.6. The van der Waals surface area contributed by atoms with E-state index in [1.807, 2.05) is 66.5 Å². The van der Waals surface area contributed by atoms with Crippen molar-refractivity contribution < 1.29 is 14.3 Å². The Balaban J connectivity index is 1.23. The van der Waals surface area contributed by atoms with Gasteiger partial charge in [-0.05, 0) is 49.7 Å². The molecule has 206 valence electrons. The number of hydrogen-bond acceptors (Lipinski definition) is 9. The lowest BCUT2D eigenvalue weighted by molar-refractivity contribution is -0.134. The molecule has 1 amide bonds. The molecule has 5 rings (SSSR count). The van der Waals surface area contributed by atoms with Gasteiger partial charge in [0.25, 0.3) is 0 Å². The van der Waals surface area contributed by atoms with E-state index in [-0.39, 0.29) is 18.0 Å². The number of nitrogens with one attached hydrogen (secondary N) is 2. The fourth-order valence-electron chi connectivity index (χ4n) is 5.16. The average Bonchev–Trinajstić information content (AvgIpc) is 2.97. The van der Waals surface area contributed by atoms with Gasteiger partial charge in [-0.25, -0.2) is 9.97 Å². The van der Waals surface area contributed by atoms with Crippen molar-refractivity contribution in [3.8, 4) is 11.5 Å². The predicted octanol–water partition coefficient (Wildman–Crippen LogP) is 2.90. The highest BCUT2D eigenvalue weighted by Gasteiger charge is 2.27. The van der Waals surface area contributed by atoms with Gasteiger partial charge in [0, 0.05) is 32.2 Å². The van der Waals surface area contributed by atoms with Gasteiger partial charge in [0.2, 0.25) is 5.91 Å². The van der Waals surface area contributed by atoms with Crippen LogP contribution in [0.3, 0.4) is 0 Å². The zero-order chi connectivity index (χ0) is 27.0. The third-order valence-electron chi connectivity index (χ3n) is 7.34. The van der Waals surface area contributed by atoms with E-state index in [2.05, 4.69) is 25.5 Å². The summed E-state index contributed by atoms with van der Waals surface area (Å²) in [5, 5.41) is 6.97. The van der Waals surface area contributed by atoms with Crippen LogP contribution < -0.4 is 21.1 Å². The lowest BCUT2D eigenvalue weighted by atomic mass is 9.98. The maximum atomic E-state index is 12.8. The predicted molar refractivity (Wildman–Crippen MR) is 151 cm³/mol. The number of morpholine rings is 1. The zero-order valence-corrected chi connectivity index (χ0v) is 22.4. The lowest BCUT2D eigenvalue weighted by Gasteiger charge is -2.35. The minimum atomic E-state index is -0.213. The van der Waals surface area contributed by atoms with E-state index in [0.717, 1.165) is 61.6 Å². The number of benzene rings is 2. The van der Waals surface area contributed by atoms with E-state index in [1.165, 1.54) is 6.33 Å². The summed E-state index contributed by atoms with van der Waals surface area (Å²) in [6.45, 7) is 4.93. The maximum absolute atomic E-state index is 12.8. The van der Waals surface area contributed by atoms with Crippen LogP contribution in [-0.2, 0) is 9.53 Å². The number of para-hydroxylation sites is 1. The van der Waals surface area contributed by atoms with E-state index < -0.39 is 0 Å². The van der Waals surface area contributed by atoms with Crippen molar-refractivity contribution in [1.29, 1.82) is 0 Å². The van der Waals surface area contributed by atoms with Crippen molar-refractivity contribution in [2.45, 2.75) is 24.9 Å². The SMILES string of the molecule is CNC(c1ccc(Oc2ccccc2)cc1)c1c(N)ncnc1NC1CCN(C(=O)CN2CCOCC2)CC1. The van der Waals surface area contributed by atoms with E-state index in [9.17, 15) is 4.79 Å². The van der Waals surface area contributed by atoms with Gasteiger partial charge in [-0.2, -0.15) is 0 Å². The monoisotopic (exact) mass is 531 g/mol. The Kier molecular flexibility index (Phi) is 8.87. The zero-order valence-electron chi connectivity index (χ0n) is 22.4. The molecule has 2 fully saturated rings. The second kappa shape index (κ2) is 12.9. The van der Waals surface area contributed by atoms with Crippen molar-refractivity contribution >= 4 is 17.5 Å². The summed E-state index contributed by atoms with van der Waals surface area (Å²) in [4.78, 5) is 25.8. The van der Waals surface area contributed by atoms with Crippen LogP contribution in [-0.4, -0.2) is 84.7 Å². The van der Waals surface area contributed by atoms with Crippen molar-refractivity contribution in [3.05, 3.63) is 72.1 Å². The van der Waals surface area contributed by atoms with Gasteiger partial charge in [0.1, 0.15) is 29.5 Å². The summed E-state index contributed by atoms with van der Waals surface area (Å²) in [6.07, 6.45) is 3.17. The number of hydrogen-bond donors (Lipinski definition) is 3. The quantitative estimate of drug-likeness (QED) is 0.383. The Morgan fingerprint density at radius 3 is 2.41 bits per heavy atom. The molecule has 0 saturated carbocycles. The average molecular weight is 532 g/mol. The summed E-state index contributed by atoms with van der Waals surface area (Å²) in [7, 11) is 1.90. The minimum absolute atomic E-state index is 0.185. The second-order valence-electron chi connectivity index (χ2n) is 9.91. The van der Waals surface area contributed by atoms with E-state index >= 15 is 0 Å². The van der Waals surface area contributed by atoms with Crippen LogP contribution in [0.1, 0.15) is 30.0 Å². The van der Waals surface area contributed by atoms with Gasteiger partial charge in [-0.3, -0.25) is 9.69 Å². The molecule has 3 heterocycles. The second-order valence-corrected chi connectivity index (χ2v) is 9.91. The van der Waals surface area contributed by atoms with Crippen LogP contribution in [0.25, 0.3) is 0 Å². The number of rotatable bonds is 9. The van der Waals surface area contributed by atoms with Gasteiger partial charge in [0.05, 0.1) is 31.4 Å². The van der Waals surface area contributed by atoms with Gasteiger partial charge in [-0.1, -0.05) is 30.3 Å². The molecule has 1 atom stereocenters. The summed E-state index contributed by atoms with van der Waals surface area (Å²) < 4.78 is 11.3. The Hall–Kier alpha value is -3.73. The molecule has 1 unspecified atom stereocenters. The number of anilines is 2. The first-order chi connectivity index (χ1) is 19.1. The van der Waals surface area contributed by atoms with Crippen LogP contribution in [0.15, 0.2) is 60.9 Å². The van der Waals surface area contributed by atoms with E-state index in [0.29, 0.717) is 31.4 Å². The number of nitrogens with two attached hydrogens (primary N) is 1. The van der Waals surface area contributed by atoms with Crippen LogP contribution >= 0.6 is 0 Å². The van der Waals surface area contributed by atoms with Crippen LogP contribution in [0.5, 0.6) is 11.5 Å². The molecule has 0 aliphatic carbocycles. The molecular weight excluding hydrogens is 494 g/mol. The van der Waals surface area contributed by atoms with Gasteiger partial charge < -0.3 is 30.7 Å². The molecule has 2 aliphatic rings. The first kappa shape index (κ1) is 26.9. The molecule has 2 aliphatic heterocycles. The highest BCUT2D eigenvalue weighted by molar-refractivity contribution is 5.78. The lowest BCUT2D eigenvalue weighted by Crippen LogP contribution is -2.48. The molecule has 0 radical (unpaired) electrons. The molecule has 10 nitrogen and oxygen atoms in total. The smallest absolute Gasteiger partial charge is 0.236 e. The molecule has 1 aromatic heterocycles. The largest absolute Gasteiger partial charge is 0.457 e. The highest BCUT2D eigenvalue weighted by Crippen LogP contribution is 2.33. The molecule has 10 heteroatoms. The number of amides is 1. The van der Waals surface area contributed by atoms with Crippen LogP contribution in [0.2, 0.25) is 0 Å². The Morgan fingerprint density at radius 2 is 1.72 bits per heavy atom. The molecule has 4 N–H and O–H groups in total. The number of nitrogens with zero attached hydrogens (tertiary/aromatic N) is 4. The van der Waals surface area contributed by atoms with E-state index in [1.54, 1.807) is 0 Å². The summed E-state index contributed by atoms with van der Waals surface area (Å²) in [6, 6.07) is 17.6. The minimum Gasteiger partial charge on any atom is -0.457 e. The molecule has 0 spiro atoms. The Labute approximate surface area is 229 Å². The third kappa shape index (κ3) is 6.83. The fraction of sp³-hybridized carbons (Fsp3) is 0.414. The number of piperidine rings is 1. The van der Waals surface area contributed by atoms with Crippen molar-refractivity contribution in [1.82, 2.24) is 25.1 Å². The molecular formula is C29H37N7O3. The maximum Gasteiger partial charge on any atom is 0.236 e. The topological polar surface area (TPSA) is 118 Å². The highest BCUT2D eigenvalue weighted by atomic mass is 16.5. The van der Waals surface area contributed by atoms with Gasteiger partial charge in [0.15, 0.2) is 0 Å².